The first kappa shape index (κ1) is 12.9. The minimum Gasteiger partial charge on any atom is -0.294 e. The van der Waals surface area contributed by atoms with Crippen LogP contribution < -0.4 is 0 Å². The van der Waals surface area contributed by atoms with E-state index >= 15 is 0 Å². The van der Waals surface area contributed by atoms with Gasteiger partial charge in [-0.05, 0) is 30.2 Å². The van der Waals surface area contributed by atoms with Gasteiger partial charge in [0.1, 0.15) is 0 Å². The van der Waals surface area contributed by atoms with Crippen LogP contribution in [0.5, 0.6) is 0 Å². The molecule has 0 radical (unpaired) electrons. The van der Waals surface area contributed by atoms with Crippen molar-refractivity contribution in [3.63, 3.8) is 0 Å². The van der Waals surface area contributed by atoms with Gasteiger partial charge in [0.2, 0.25) is 0 Å². The number of Topliss-reactive ketones (excluding diaryl/α,β-unsaturated/α-hetero) is 1. The minimum atomic E-state index is -0.521. The van der Waals surface area contributed by atoms with Gasteiger partial charge in [0.15, 0.2) is 5.78 Å². The Morgan fingerprint density at radius 2 is 1.95 bits per heavy atom. The molecule has 0 fully saturated rings. The maximum Gasteiger partial charge on any atom is 0.280 e. The van der Waals surface area contributed by atoms with Crippen LogP contribution in [0.1, 0.15) is 21.5 Å². The molecule has 0 atom stereocenters. The lowest BCUT2D eigenvalue weighted by Gasteiger charge is -2.05. The molecule has 0 spiro atoms. The summed E-state index contributed by atoms with van der Waals surface area (Å²) in [6.07, 6.45) is 3.32. The van der Waals surface area contributed by atoms with Gasteiger partial charge in [-0.2, -0.15) is 0 Å². The van der Waals surface area contributed by atoms with Gasteiger partial charge in [-0.3, -0.25) is 19.9 Å². The number of benzene rings is 1. The highest BCUT2D eigenvalue weighted by Gasteiger charge is 2.21. The van der Waals surface area contributed by atoms with Crippen molar-refractivity contribution in [3.05, 3.63) is 69.5 Å². The molecule has 2 rings (SSSR count). The van der Waals surface area contributed by atoms with E-state index in [0.29, 0.717) is 5.56 Å². The fraction of sp³-hybridized carbons (Fsp3) is 0.143. The van der Waals surface area contributed by atoms with Crippen molar-refractivity contribution in [2.45, 2.75) is 13.3 Å². The van der Waals surface area contributed by atoms with Crippen LogP contribution in [0, 0.1) is 17.0 Å². The Morgan fingerprint density at radius 3 is 2.58 bits per heavy atom. The number of rotatable bonds is 4. The molecule has 0 saturated heterocycles. The van der Waals surface area contributed by atoms with Crippen molar-refractivity contribution in [2.24, 2.45) is 0 Å². The second kappa shape index (κ2) is 5.39. The van der Waals surface area contributed by atoms with Crippen LogP contribution in [0.2, 0.25) is 0 Å². The summed E-state index contributed by atoms with van der Waals surface area (Å²) in [4.78, 5) is 26.6. The molecule has 0 unspecified atom stereocenters. The average Bonchev–Trinajstić information content (AvgIpc) is 2.39. The van der Waals surface area contributed by atoms with Crippen molar-refractivity contribution in [1.29, 1.82) is 0 Å². The molecule has 5 nitrogen and oxygen atoms in total. The Labute approximate surface area is 110 Å². The predicted octanol–water partition coefficient (Wildman–Crippen LogP) is 2.72. The molecule has 0 aliphatic heterocycles. The highest BCUT2D eigenvalue weighted by Crippen LogP contribution is 2.23. The van der Waals surface area contributed by atoms with Crippen molar-refractivity contribution >= 4 is 11.5 Å². The number of aromatic nitrogens is 1. The van der Waals surface area contributed by atoms with Crippen LogP contribution in [0.3, 0.4) is 0 Å². The summed E-state index contributed by atoms with van der Waals surface area (Å²) in [5.41, 5.74) is 1.45. The molecule has 1 aromatic carbocycles. The van der Waals surface area contributed by atoms with Gasteiger partial charge in [0.25, 0.3) is 5.69 Å². The van der Waals surface area contributed by atoms with Gasteiger partial charge in [-0.25, -0.2) is 0 Å². The van der Waals surface area contributed by atoms with E-state index in [1.54, 1.807) is 43.6 Å². The van der Waals surface area contributed by atoms with E-state index in [-0.39, 0.29) is 23.5 Å². The van der Waals surface area contributed by atoms with E-state index in [4.69, 9.17) is 0 Å². The number of nitrogens with zero attached hydrogens (tertiary/aromatic N) is 2. The second-order valence-corrected chi connectivity index (χ2v) is 4.18. The molecule has 0 saturated carbocycles. The smallest absolute Gasteiger partial charge is 0.280 e. The first-order chi connectivity index (χ1) is 9.09. The fourth-order valence-electron chi connectivity index (χ4n) is 1.94. The Balaban J connectivity index is 2.36. The Kier molecular flexibility index (Phi) is 3.66. The normalized spacial score (nSPS) is 10.2. The Hall–Kier alpha value is -2.56. The lowest BCUT2D eigenvalue weighted by Crippen LogP contribution is -2.09. The molecule has 19 heavy (non-hydrogen) atoms. The summed E-state index contributed by atoms with van der Waals surface area (Å²) >= 11 is 0. The Bertz CT molecular complexity index is 624. The van der Waals surface area contributed by atoms with Crippen LogP contribution in [0.25, 0.3) is 0 Å². The molecule has 96 valence electrons. The van der Waals surface area contributed by atoms with Crippen molar-refractivity contribution < 1.29 is 9.72 Å². The summed E-state index contributed by atoms with van der Waals surface area (Å²) in [5, 5.41) is 11.0. The maximum absolute atomic E-state index is 12.2. The van der Waals surface area contributed by atoms with E-state index in [9.17, 15) is 14.9 Å². The van der Waals surface area contributed by atoms with Gasteiger partial charge < -0.3 is 0 Å². The summed E-state index contributed by atoms with van der Waals surface area (Å²) in [5.74, 6) is -0.254. The van der Waals surface area contributed by atoms with Crippen LogP contribution >= 0.6 is 0 Å². The first-order valence-electron chi connectivity index (χ1n) is 5.75. The average molecular weight is 256 g/mol. The lowest BCUT2D eigenvalue weighted by molar-refractivity contribution is -0.385. The van der Waals surface area contributed by atoms with Crippen LogP contribution in [0.4, 0.5) is 5.69 Å². The summed E-state index contributed by atoms with van der Waals surface area (Å²) in [6, 6.07) is 8.08. The molecule has 0 amide bonds. The van der Waals surface area contributed by atoms with Crippen LogP contribution in [0.15, 0.2) is 42.7 Å². The number of carbonyl (C=O) groups is 1. The molecule has 1 aromatic heterocycles. The summed E-state index contributed by atoms with van der Waals surface area (Å²) in [6.45, 7) is 1.70. The highest BCUT2D eigenvalue weighted by molar-refractivity contribution is 6.02. The van der Waals surface area contributed by atoms with Crippen molar-refractivity contribution in [2.75, 3.05) is 0 Å². The molecule has 5 heteroatoms. The number of nitro groups is 1. The summed E-state index contributed by atoms with van der Waals surface area (Å²) < 4.78 is 0. The number of hydrogen-bond donors (Lipinski definition) is 0. The number of nitro benzene ring substituents is 1. The maximum atomic E-state index is 12.2. The lowest BCUT2D eigenvalue weighted by atomic mass is 9.98. The van der Waals surface area contributed by atoms with E-state index in [0.717, 1.165) is 5.56 Å². The van der Waals surface area contributed by atoms with E-state index < -0.39 is 4.92 Å². The third-order valence-electron chi connectivity index (χ3n) is 2.84. The van der Waals surface area contributed by atoms with E-state index in [2.05, 4.69) is 4.98 Å². The molecule has 2 aromatic rings. The molecular weight excluding hydrogens is 244 g/mol. The van der Waals surface area contributed by atoms with Gasteiger partial charge in [0, 0.05) is 24.9 Å². The zero-order chi connectivity index (χ0) is 13.8. The zero-order valence-electron chi connectivity index (χ0n) is 10.4. The number of carbonyl (C=O) groups excluding carboxylic acids is 1. The predicted molar refractivity (Wildman–Crippen MR) is 70.1 cm³/mol. The van der Waals surface area contributed by atoms with Gasteiger partial charge >= 0.3 is 0 Å². The number of hydrogen-bond acceptors (Lipinski definition) is 4. The number of aryl methyl sites for hydroxylation is 1. The quantitative estimate of drug-likeness (QED) is 0.479. The van der Waals surface area contributed by atoms with E-state index in [1.165, 1.54) is 6.07 Å². The third-order valence-corrected chi connectivity index (χ3v) is 2.84. The number of pyridine rings is 1. The van der Waals surface area contributed by atoms with Gasteiger partial charge in [-0.15, -0.1) is 0 Å². The topological polar surface area (TPSA) is 73.1 Å². The summed E-state index contributed by atoms with van der Waals surface area (Å²) in [7, 11) is 0. The third kappa shape index (κ3) is 2.82. The fourth-order valence-corrected chi connectivity index (χ4v) is 1.94. The largest absolute Gasteiger partial charge is 0.294 e. The van der Waals surface area contributed by atoms with Gasteiger partial charge in [-0.1, -0.05) is 12.1 Å². The second-order valence-electron chi connectivity index (χ2n) is 4.18. The minimum absolute atomic E-state index is 0.133. The molecule has 0 aliphatic rings. The monoisotopic (exact) mass is 256 g/mol. The molecule has 0 N–H and O–H groups in total. The van der Waals surface area contributed by atoms with Crippen LogP contribution in [-0.2, 0) is 6.42 Å². The van der Waals surface area contributed by atoms with Gasteiger partial charge in [0.05, 0.1) is 10.5 Å². The Morgan fingerprint density at radius 1 is 1.26 bits per heavy atom. The SMILES string of the molecule is Cc1cccc([N+](=O)[O-])c1C(=O)Cc1ccncc1. The standard InChI is InChI=1S/C14H12N2O3/c1-10-3-2-4-12(16(18)19)14(10)13(17)9-11-5-7-15-8-6-11/h2-8H,9H2,1H3. The zero-order valence-corrected chi connectivity index (χ0v) is 10.4. The van der Waals surface area contributed by atoms with Crippen LogP contribution in [-0.4, -0.2) is 15.7 Å². The molecule has 0 bridgehead atoms. The van der Waals surface area contributed by atoms with Crippen molar-refractivity contribution in [1.82, 2.24) is 4.98 Å². The molecule has 0 aliphatic carbocycles. The van der Waals surface area contributed by atoms with Crippen molar-refractivity contribution in [3.8, 4) is 0 Å². The molecule has 1 heterocycles. The highest BCUT2D eigenvalue weighted by atomic mass is 16.6. The molecular formula is C14H12N2O3. The van der Waals surface area contributed by atoms with E-state index in [1.807, 2.05) is 0 Å². The number of ketones is 1. The first-order valence-corrected chi connectivity index (χ1v) is 5.75.